The van der Waals surface area contributed by atoms with Crippen molar-refractivity contribution in [1.82, 2.24) is 4.90 Å². The summed E-state index contributed by atoms with van der Waals surface area (Å²) in [5.74, 6) is -0.845. The number of amides is 1. The third-order valence-corrected chi connectivity index (χ3v) is 3.86. The maximum atomic E-state index is 12.1. The van der Waals surface area contributed by atoms with Crippen molar-refractivity contribution in [2.45, 2.75) is 45.1 Å². The largest absolute Gasteiger partial charge is 0.480 e. The van der Waals surface area contributed by atoms with Crippen LogP contribution in [0.1, 0.15) is 39.5 Å². The minimum Gasteiger partial charge on any atom is -0.480 e. The molecule has 0 aromatic carbocycles. The second-order valence-electron chi connectivity index (χ2n) is 5.20. The lowest BCUT2D eigenvalue weighted by atomic mass is 9.97. The maximum absolute atomic E-state index is 12.1. The highest BCUT2D eigenvalue weighted by atomic mass is 16.4. The van der Waals surface area contributed by atoms with E-state index in [1.807, 2.05) is 6.92 Å². The summed E-state index contributed by atoms with van der Waals surface area (Å²) in [6.07, 6.45) is 3.17. The van der Waals surface area contributed by atoms with Crippen LogP contribution >= 0.6 is 0 Å². The van der Waals surface area contributed by atoms with E-state index in [-0.39, 0.29) is 11.3 Å². The second-order valence-corrected chi connectivity index (χ2v) is 5.20. The summed E-state index contributed by atoms with van der Waals surface area (Å²) in [6, 6.07) is 0. The Kier molecular flexibility index (Phi) is 2.07. The van der Waals surface area contributed by atoms with Gasteiger partial charge in [-0.1, -0.05) is 6.92 Å². The molecule has 1 aliphatic heterocycles. The first-order valence-electron chi connectivity index (χ1n) is 5.46. The Bertz CT molecular complexity index is 322. The molecule has 84 valence electrons. The molecule has 1 saturated heterocycles. The van der Waals surface area contributed by atoms with Crippen LogP contribution in [0.2, 0.25) is 0 Å². The predicted molar refractivity (Wildman–Crippen MR) is 54.3 cm³/mol. The summed E-state index contributed by atoms with van der Waals surface area (Å²) >= 11 is 0. The fraction of sp³-hybridized carbons (Fsp3) is 0.818. The fourth-order valence-corrected chi connectivity index (χ4v) is 2.24. The van der Waals surface area contributed by atoms with Crippen LogP contribution in [0, 0.1) is 5.41 Å². The number of hydrogen-bond donors (Lipinski definition) is 1. The molecule has 0 bridgehead atoms. The minimum absolute atomic E-state index is 0.0323. The number of aliphatic carboxylic acids is 1. The molecule has 0 aromatic rings. The Morgan fingerprint density at radius 3 is 2.27 bits per heavy atom. The van der Waals surface area contributed by atoms with E-state index in [1.54, 1.807) is 11.8 Å². The summed E-state index contributed by atoms with van der Waals surface area (Å²) in [5.41, 5.74) is -1.23. The van der Waals surface area contributed by atoms with E-state index in [0.717, 1.165) is 19.3 Å². The van der Waals surface area contributed by atoms with Crippen molar-refractivity contribution in [2.24, 2.45) is 5.41 Å². The fourth-order valence-electron chi connectivity index (χ4n) is 2.24. The summed E-state index contributed by atoms with van der Waals surface area (Å²) in [4.78, 5) is 24.9. The lowest BCUT2D eigenvalue weighted by Gasteiger charge is -2.33. The van der Waals surface area contributed by atoms with Gasteiger partial charge in [0, 0.05) is 12.0 Å². The van der Waals surface area contributed by atoms with Crippen LogP contribution in [0.15, 0.2) is 0 Å². The molecule has 2 rings (SSSR count). The Labute approximate surface area is 89.3 Å². The van der Waals surface area contributed by atoms with E-state index in [2.05, 4.69) is 0 Å². The second kappa shape index (κ2) is 2.97. The summed E-state index contributed by atoms with van der Waals surface area (Å²) in [6.45, 7) is 4.18. The van der Waals surface area contributed by atoms with Gasteiger partial charge >= 0.3 is 5.97 Å². The van der Waals surface area contributed by atoms with Gasteiger partial charge in [0.05, 0.1) is 0 Å². The number of likely N-dealkylation sites (tertiary alicyclic amines) is 1. The van der Waals surface area contributed by atoms with Crippen molar-refractivity contribution in [3.05, 3.63) is 0 Å². The molecular formula is C11H17NO3. The van der Waals surface area contributed by atoms with Gasteiger partial charge in [-0.2, -0.15) is 0 Å². The first kappa shape index (κ1) is 10.5. The third-order valence-electron chi connectivity index (χ3n) is 3.86. The molecule has 0 radical (unpaired) electrons. The molecule has 1 atom stereocenters. The molecule has 15 heavy (non-hydrogen) atoms. The van der Waals surface area contributed by atoms with Crippen molar-refractivity contribution in [3.63, 3.8) is 0 Å². The standard InChI is InChI=1S/C11H17NO3/c1-10(5-6-10)8(13)12-7-3-4-11(12,2)9(14)15/h3-7H2,1-2H3,(H,14,15). The normalized spacial score (nSPS) is 32.8. The van der Waals surface area contributed by atoms with Crippen LogP contribution in [-0.4, -0.2) is 34.0 Å². The van der Waals surface area contributed by atoms with Gasteiger partial charge in [-0.3, -0.25) is 4.79 Å². The van der Waals surface area contributed by atoms with Crippen molar-refractivity contribution >= 4 is 11.9 Å². The molecule has 1 saturated carbocycles. The summed E-state index contributed by atoms with van der Waals surface area (Å²) in [5, 5.41) is 9.18. The molecule has 1 N–H and O–H groups in total. The van der Waals surface area contributed by atoms with Crippen LogP contribution in [0.5, 0.6) is 0 Å². The number of nitrogens with zero attached hydrogens (tertiary/aromatic N) is 1. The van der Waals surface area contributed by atoms with Crippen molar-refractivity contribution in [3.8, 4) is 0 Å². The van der Waals surface area contributed by atoms with E-state index in [0.29, 0.717) is 13.0 Å². The van der Waals surface area contributed by atoms with Crippen LogP contribution in [0.4, 0.5) is 0 Å². The van der Waals surface area contributed by atoms with E-state index in [1.165, 1.54) is 0 Å². The highest BCUT2D eigenvalue weighted by Crippen LogP contribution is 2.48. The average molecular weight is 211 g/mol. The van der Waals surface area contributed by atoms with Crippen LogP contribution < -0.4 is 0 Å². The quantitative estimate of drug-likeness (QED) is 0.748. The first-order chi connectivity index (χ1) is 6.90. The molecular weight excluding hydrogens is 194 g/mol. The number of carboxylic acids is 1. The molecule has 0 aromatic heterocycles. The number of carboxylic acid groups (broad SMARTS) is 1. The Hall–Kier alpha value is -1.06. The zero-order valence-corrected chi connectivity index (χ0v) is 9.25. The Morgan fingerprint density at radius 2 is 1.80 bits per heavy atom. The maximum Gasteiger partial charge on any atom is 0.329 e. The van der Waals surface area contributed by atoms with Gasteiger partial charge in [0.25, 0.3) is 0 Å². The number of hydrogen-bond acceptors (Lipinski definition) is 2. The molecule has 4 heteroatoms. The Balaban J connectivity index is 2.21. The van der Waals surface area contributed by atoms with Gasteiger partial charge < -0.3 is 10.0 Å². The Morgan fingerprint density at radius 1 is 1.20 bits per heavy atom. The SMILES string of the molecule is CC1(C(=O)N2CCCC2(C)C(=O)O)CC1. The number of carbonyl (C=O) groups is 2. The molecule has 2 fully saturated rings. The van der Waals surface area contributed by atoms with Crippen LogP contribution in [0.25, 0.3) is 0 Å². The topological polar surface area (TPSA) is 57.6 Å². The molecule has 4 nitrogen and oxygen atoms in total. The zero-order chi connectivity index (χ0) is 11.3. The van der Waals surface area contributed by atoms with Crippen LogP contribution in [-0.2, 0) is 9.59 Å². The summed E-state index contributed by atoms with van der Waals surface area (Å²) in [7, 11) is 0. The van der Waals surface area contributed by atoms with Crippen molar-refractivity contribution in [2.75, 3.05) is 6.54 Å². The van der Waals surface area contributed by atoms with Gasteiger partial charge in [0.1, 0.15) is 5.54 Å². The minimum atomic E-state index is -0.970. The third kappa shape index (κ3) is 1.43. The van der Waals surface area contributed by atoms with Crippen LogP contribution in [0.3, 0.4) is 0 Å². The smallest absolute Gasteiger partial charge is 0.329 e. The van der Waals surface area contributed by atoms with E-state index < -0.39 is 11.5 Å². The molecule has 1 amide bonds. The lowest BCUT2D eigenvalue weighted by Crippen LogP contribution is -2.52. The molecule has 1 heterocycles. The monoisotopic (exact) mass is 211 g/mol. The van der Waals surface area contributed by atoms with E-state index >= 15 is 0 Å². The van der Waals surface area contributed by atoms with Gasteiger partial charge in [-0.15, -0.1) is 0 Å². The highest BCUT2D eigenvalue weighted by Gasteiger charge is 2.54. The molecule has 1 unspecified atom stereocenters. The average Bonchev–Trinajstić information content (AvgIpc) is 2.78. The van der Waals surface area contributed by atoms with Gasteiger partial charge in [-0.25, -0.2) is 4.79 Å². The van der Waals surface area contributed by atoms with E-state index in [9.17, 15) is 14.7 Å². The number of rotatable bonds is 2. The van der Waals surface area contributed by atoms with Gasteiger partial charge in [-0.05, 0) is 32.6 Å². The van der Waals surface area contributed by atoms with Gasteiger partial charge in [0.15, 0.2) is 0 Å². The number of carbonyl (C=O) groups excluding carboxylic acids is 1. The zero-order valence-electron chi connectivity index (χ0n) is 9.25. The summed E-state index contributed by atoms with van der Waals surface area (Å²) < 4.78 is 0. The highest BCUT2D eigenvalue weighted by molar-refractivity contribution is 5.91. The van der Waals surface area contributed by atoms with Crippen molar-refractivity contribution < 1.29 is 14.7 Å². The first-order valence-corrected chi connectivity index (χ1v) is 5.46. The van der Waals surface area contributed by atoms with E-state index in [4.69, 9.17) is 0 Å². The molecule has 1 aliphatic carbocycles. The van der Waals surface area contributed by atoms with Crippen molar-refractivity contribution in [1.29, 1.82) is 0 Å². The lowest BCUT2D eigenvalue weighted by molar-refractivity contribution is -0.157. The predicted octanol–water partition coefficient (Wildman–Crippen LogP) is 1.25. The molecule has 2 aliphatic rings. The molecule has 0 spiro atoms. The van der Waals surface area contributed by atoms with Gasteiger partial charge in [0.2, 0.25) is 5.91 Å².